The van der Waals surface area contributed by atoms with Gasteiger partial charge in [0.25, 0.3) is 0 Å². The molecule has 2 heterocycles. The van der Waals surface area contributed by atoms with Gasteiger partial charge in [0.1, 0.15) is 0 Å². The Morgan fingerprint density at radius 1 is 1.29 bits per heavy atom. The molecule has 0 radical (unpaired) electrons. The van der Waals surface area contributed by atoms with Gasteiger partial charge in [-0.15, -0.1) is 8.78 Å². The van der Waals surface area contributed by atoms with E-state index in [1.807, 2.05) is 20.2 Å². The van der Waals surface area contributed by atoms with Crippen molar-refractivity contribution in [1.29, 1.82) is 0 Å². The summed E-state index contributed by atoms with van der Waals surface area (Å²) >= 11 is 0. The standard InChI is InChI=1S/C14H15F2N3O2/c1-3-11-9(8-19(2)18-11)7-17-10-4-5-12-13(6-10)21-14(15,16)20-12/h4-6,8,17H,3,7H2,1-2H3. The number of nitrogens with one attached hydrogen (secondary N) is 1. The number of nitrogens with zero attached hydrogens (tertiary/aromatic N) is 2. The Hall–Kier alpha value is -2.31. The van der Waals surface area contributed by atoms with Crippen molar-refractivity contribution in [3.63, 3.8) is 0 Å². The molecule has 0 unspecified atom stereocenters. The number of fused-ring (bicyclic) bond motifs is 1. The van der Waals surface area contributed by atoms with Crippen LogP contribution >= 0.6 is 0 Å². The summed E-state index contributed by atoms with van der Waals surface area (Å²) in [7, 11) is 1.87. The molecule has 0 saturated carbocycles. The largest absolute Gasteiger partial charge is 0.586 e. The van der Waals surface area contributed by atoms with Crippen LogP contribution in [0.5, 0.6) is 11.5 Å². The third kappa shape index (κ3) is 2.76. The quantitative estimate of drug-likeness (QED) is 0.942. The zero-order chi connectivity index (χ0) is 15.0. The SMILES string of the molecule is CCc1nn(C)cc1CNc1ccc2c(c1)OC(F)(F)O2. The van der Waals surface area contributed by atoms with Crippen molar-refractivity contribution < 1.29 is 18.3 Å². The van der Waals surface area contributed by atoms with Crippen LogP contribution in [0.4, 0.5) is 14.5 Å². The van der Waals surface area contributed by atoms with Gasteiger partial charge < -0.3 is 14.8 Å². The minimum absolute atomic E-state index is 0.0342. The smallest absolute Gasteiger partial charge is 0.395 e. The third-order valence-electron chi connectivity index (χ3n) is 3.21. The molecular weight excluding hydrogens is 280 g/mol. The topological polar surface area (TPSA) is 48.3 Å². The van der Waals surface area contributed by atoms with Crippen LogP contribution in [0, 0.1) is 0 Å². The first-order chi connectivity index (χ1) is 9.97. The summed E-state index contributed by atoms with van der Waals surface area (Å²) in [6.07, 6.45) is -0.808. The number of aryl methyl sites for hydroxylation is 2. The first-order valence-corrected chi connectivity index (χ1v) is 6.62. The molecule has 0 atom stereocenters. The molecule has 5 nitrogen and oxygen atoms in total. The van der Waals surface area contributed by atoms with E-state index in [0.29, 0.717) is 12.2 Å². The van der Waals surface area contributed by atoms with Crippen molar-refractivity contribution >= 4 is 5.69 Å². The van der Waals surface area contributed by atoms with Crippen molar-refractivity contribution in [1.82, 2.24) is 9.78 Å². The number of alkyl halides is 2. The van der Waals surface area contributed by atoms with Crippen LogP contribution in [0.15, 0.2) is 24.4 Å². The van der Waals surface area contributed by atoms with Crippen molar-refractivity contribution in [2.24, 2.45) is 7.05 Å². The molecule has 1 aliphatic rings. The van der Waals surface area contributed by atoms with Crippen LogP contribution in [0.25, 0.3) is 0 Å². The Labute approximate surface area is 120 Å². The molecule has 0 spiro atoms. The lowest BCUT2D eigenvalue weighted by Gasteiger charge is -2.06. The Bertz CT molecular complexity index is 670. The Kier molecular flexibility index (Phi) is 3.19. The maximum atomic E-state index is 12.9. The van der Waals surface area contributed by atoms with Gasteiger partial charge in [0, 0.05) is 37.1 Å². The van der Waals surface area contributed by atoms with Gasteiger partial charge in [-0.1, -0.05) is 6.92 Å². The number of hydrogen-bond donors (Lipinski definition) is 1. The van der Waals surface area contributed by atoms with Crippen LogP contribution in [0.1, 0.15) is 18.2 Å². The summed E-state index contributed by atoms with van der Waals surface area (Å²) in [6, 6.07) is 4.63. The predicted octanol–water partition coefficient (Wildman–Crippen LogP) is 2.92. The summed E-state index contributed by atoms with van der Waals surface area (Å²) < 4.78 is 36.4. The number of hydrogen-bond acceptors (Lipinski definition) is 4. The minimum Gasteiger partial charge on any atom is -0.395 e. The van der Waals surface area contributed by atoms with Crippen LogP contribution in [-0.4, -0.2) is 16.1 Å². The number of benzene rings is 1. The molecule has 0 aliphatic carbocycles. The molecule has 7 heteroatoms. The van der Waals surface area contributed by atoms with E-state index in [9.17, 15) is 8.78 Å². The van der Waals surface area contributed by atoms with Gasteiger partial charge in [-0.2, -0.15) is 5.10 Å². The zero-order valence-corrected chi connectivity index (χ0v) is 11.7. The molecular formula is C14H15F2N3O2. The second-order valence-electron chi connectivity index (χ2n) is 4.81. The summed E-state index contributed by atoms with van der Waals surface area (Å²) in [4.78, 5) is 0. The second-order valence-corrected chi connectivity index (χ2v) is 4.81. The van der Waals surface area contributed by atoms with E-state index in [2.05, 4.69) is 19.9 Å². The number of rotatable bonds is 4. The van der Waals surface area contributed by atoms with Crippen molar-refractivity contribution in [3.8, 4) is 11.5 Å². The molecule has 1 aromatic heterocycles. The van der Waals surface area contributed by atoms with Gasteiger partial charge >= 0.3 is 6.29 Å². The Balaban J connectivity index is 1.72. The Morgan fingerprint density at radius 2 is 2.05 bits per heavy atom. The first-order valence-electron chi connectivity index (χ1n) is 6.62. The fraction of sp³-hybridized carbons (Fsp3) is 0.357. The van der Waals surface area contributed by atoms with Crippen LogP contribution in [0.3, 0.4) is 0 Å². The molecule has 1 aromatic carbocycles. The number of ether oxygens (including phenoxy) is 2. The van der Waals surface area contributed by atoms with E-state index in [1.54, 1.807) is 10.7 Å². The second kappa shape index (κ2) is 4.91. The molecule has 0 saturated heterocycles. The molecule has 112 valence electrons. The lowest BCUT2D eigenvalue weighted by Crippen LogP contribution is -2.25. The van der Waals surface area contributed by atoms with Gasteiger partial charge in [0.15, 0.2) is 11.5 Å². The van der Waals surface area contributed by atoms with Gasteiger partial charge in [0.2, 0.25) is 0 Å². The fourth-order valence-corrected chi connectivity index (χ4v) is 2.29. The highest BCUT2D eigenvalue weighted by molar-refractivity contribution is 5.56. The maximum Gasteiger partial charge on any atom is 0.586 e. The first kappa shape index (κ1) is 13.7. The normalized spacial score (nSPS) is 15.2. The molecule has 0 bridgehead atoms. The third-order valence-corrected chi connectivity index (χ3v) is 3.21. The molecule has 2 aromatic rings. The minimum atomic E-state index is -3.58. The summed E-state index contributed by atoms with van der Waals surface area (Å²) in [5, 5.41) is 7.52. The average Bonchev–Trinajstić information content (AvgIpc) is 2.93. The predicted molar refractivity (Wildman–Crippen MR) is 72.6 cm³/mol. The highest BCUT2D eigenvalue weighted by atomic mass is 19.3. The van der Waals surface area contributed by atoms with Crippen LogP contribution in [0.2, 0.25) is 0 Å². The van der Waals surface area contributed by atoms with Gasteiger partial charge in [-0.3, -0.25) is 4.68 Å². The zero-order valence-electron chi connectivity index (χ0n) is 11.7. The Morgan fingerprint density at radius 3 is 2.81 bits per heavy atom. The average molecular weight is 295 g/mol. The van der Waals surface area contributed by atoms with Gasteiger partial charge in [0.05, 0.1) is 5.69 Å². The van der Waals surface area contributed by atoms with Crippen molar-refractivity contribution in [3.05, 3.63) is 35.7 Å². The van der Waals surface area contributed by atoms with Crippen LogP contribution < -0.4 is 14.8 Å². The van der Waals surface area contributed by atoms with E-state index >= 15 is 0 Å². The van der Waals surface area contributed by atoms with E-state index in [4.69, 9.17) is 0 Å². The highest BCUT2D eigenvalue weighted by Crippen LogP contribution is 2.42. The molecule has 3 rings (SSSR count). The fourth-order valence-electron chi connectivity index (χ4n) is 2.29. The van der Waals surface area contributed by atoms with E-state index in [1.165, 1.54) is 12.1 Å². The molecule has 1 N–H and O–H groups in total. The van der Waals surface area contributed by atoms with E-state index in [0.717, 1.165) is 17.7 Å². The molecule has 0 fully saturated rings. The lowest BCUT2D eigenvalue weighted by atomic mass is 10.2. The van der Waals surface area contributed by atoms with Crippen LogP contribution in [-0.2, 0) is 20.0 Å². The van der Waals surface area contributed by atoms with Crippen molar-refractivity contribution in [2.45, 2.75) is 26.2 Å². The summed E-state index contributed by atoms with van der Waals surface area (Å²) in [5.74, 6) is 0.0769. The van der Waals surface area contributed by atoms with E-state index < -0.39 is 6.29 Å². The number of anilines is 1. The number of halogens is 2. The van der Waals surface area contributed by atoms with Crippen molar-refractivity contribution in [2.75, 3.05) is 5.32 Å². The number of aromatic nitrogens is 2. The highest BCUT2D eigenvalue weighted by Gasteiger charge is 2.43. The maximum absolute atomic E-state index is 12.9. The van der Waals surface area contributed by atoms with Gasteiger partial charge in [-0.25, -0.2) is 0 Å². The van der Waals surface area contributed by atoms with E-state index in [-0.39, 0.29) is 11.5 Å². The monoisotopic (exact) mass is 295 g/mol. The summed E-state index contributed by atoms with van der Waals surface area (Å²) in [5.41, 5.74) is 2.77. The molecule has 0 amide bonds. The summed E-state index contributed by atoms with van der Waals surface area (Å²) in [6.45, 7) is 2.60. The molecule has 21 heavy (non-hydrogen) atoms. The lowest BCUT2D eigenvalue weighted by molar-refractivity contribution is -0.286. The molecule has 1 aliphatic heterocycles. The van der Waals surface area contributed by atoms with Gasteiger partial charge in [-0.05, 0) is 18.6 Å².